The molecule has 92 valence electrons. The summed E-state index contributed by atoms with van der Waals surface area (Å²) >= 11 is 0. The number of likely N-dealkylation sites (tertiary alicyclic amines) is 1. The van der Waals surface area contributed by atoms with Gasteiger partial charge in [0.05, 0.1) is 5.60 Å². The van der Waals surface area contributed by atoms with Crippen molar-refractivity contribution in [2.24, 2.45) is 5.92 Å². The van der Waals surface area contributed by atoms with Crippen LogP contribution >= 0.6 is 0 Å². The SMILES string of the molecule is OC1(C2CC2)CN(CCOc2ccccc2)C1. The van der Waals surface area contributed by atoms with E-state index in [2.05, 4.69) is 4.90 Å². The van der Waals surface area contributed by atoms with Gasteiger partial charge in [0.25, 0.3) is 0 Å². The van der Waals surface area contributed by atoms with E-state index >= 15 is 0 Å². The van der Waals surface area contributed by atoms with Crippen molar-refractivity contribution in [1.82, 2.24) is 4.90 Å². The molecule has 1 aromatic carbocycles. The smallest absolute Gasteiger partial charge is 0.119 e. The molecule has 3 heteroatoms. The lowest BCUT2D eigenvalue weighted by Gasteiger charge is -2.47. The first kappa shape index (κ1) is 11.1. The molecule has 0 unspecified atom stereocenters. The monoisotopic (exact) mass is 233 g/mol. The van der Waals surface area contributed by atoms with E-state index in [1.54, 1.807) is 0 Å². The Labute approximate surface area is 102 Å². The summed E-state index contributed by atoms with van der Waals surface area (Å²) in [5.74, 6) is 1.50. The van der Waals surface area contributed by atoms with Gasteiger partial charge >= 0.3 is 0 Å². The minimum Gasteiger partial charge on any atom is -0.492 e. The van der Waals surface area contributed by atoms with E-state index in [4.69, 9.17) is 4.74 Å². The van der Waals surface area contributed by atoms with Crippen LogP contribution in [0.4, 0.5) is 0 Å². The lowest BCUT2D eigenvalue weighted by atomic mass is 9.89. The van der Waals surface area contributed by atoms with E-state index in [9.17, 15) is 5.11 Å². The summed E-state index contributed by atoms with van der Waals surface area (Å²) in [6, 6.07) is 9.88. The molecule has 0 atom stereocenters. The molecule has 0 spiro atoms. The van der Waals surface area contributed by atoms with Crippen LogP contribution < -0.4 is 4.74 Å². The second-order valence-electron chi connectivity index (χ2n) is 5.25. The maximum Gasteiger partial charge on any atom is 0.119 e. The number of aliphatic hydroxyl groups is 1. The first-order valence-electron chi connectivity index (χ1n) is 6.39. The van der Waals surface area contributed by atoms with Gasteiger partial charge in [-0.2, -0.15) is 0 Å². The molecule has 1 saturated heterocycles. The Morgan fingerprint density at radius 3 is 2.59 bits per heavy atom. The molecular weight excluding hydrogens is 214 g/mol. The Balaban J connectivity index is 1.36. The van der Waals surface area contributed by atoms with Gasteiger partial charge in [0.2, 0.25) is 0 Å². The standard InChI is InChI=1S/C14H19NO2/c16-14(12-6-7-12)10-15(11-14)8-9-17-13-4-2-1-3-5-13/h1-5,12,16H,6-11H2. The number of rotatable bonds is 5. The molecule has 1 saturated carbocycles. The third kappa shape index (κ3) is 2.45. The molecule has 1 aliphatic heterocycles. The van der Waals surface area contributed by atoms with Gasteiger partial charge in [0, 0.05) is 19.6 Å². The summed E-state index contributed by atoms with van der Waals surface area (Å²) < 4.78 is 5.63. The average Bonchev–Trinajstić information content (AvgIpc) is 3.12. The molecule has 1 aromatic rings. The topological polar surface area (TPSA) is 32.7 Å². The van der Waals surface area contributed by atoms with Gasteiger partial charge in [0.15, 0.2) is 0 Å². The first-order chi connectivity index (χ1) is 8.26. The fourth-order valence-corrected chi connectivity index (χ4v) is 2.57. The summed E-state index contributed by atoms with van der Waals surface area (Å²) in [5.41, 5.74) is -0.368. The Morgan fingerprint density at radius 1 is 1.24 bits per heavy atom. The van der Waals surface area contributed by atoms with Crippen LogP contribution in [0.25, 0.3) is 0 Å². The number of ether oxygens (including phenoxy) is 1. The Hall–Kier alpha value is -1.06. The van der Waals surface area contributed by atoms with Crippen molar-refractivity contribution in [3.63, 3.8) is 0 Å². The highest BCUT2D eigenvalue weighted by Gasteiger charge is 2.51. The van der Waals surface area contributed by atoms with Crippen LogP contribution in [0.3, 0.4) is 0 Å². The number of nitrogens with zero attached hydrogens (tertiary/aromatic N) is 1. The number of hydrogen-bond donors (Lipinski definition) is 1. The van der Waals surface area contributed by atoms with Crippen molar-refractivity contribution in [3.05, 3.63) is 30.3 Å². The predicted octanol–water partition coefficient (Wildman–Crippen LogP) is 1.52. The summed E-state index contributed by atoms with van der Waals surface area (Å²) in [6.07, 6.45) is 2.43. The van der Waals surface area contributed by atoms with Gasteiger partial charge in [0.1, 0.15) is 12.4 Å². The third-order valence-corrected chi connectivity index (χ3v) is 3.75. The van der Waals surface area contributed by atoms with Crippen LogP contribution in [0, 0.1) is 5.92 Å². The first-order valence-corrected chi connectivity index (χ1v) is 6.39. The quantitative estimate of drug-likeness (QED) is 0.837. The molecular formula is C14H19NO2. The second kappa shape index (κ2) is 4.31. The molecule has 1 heterocycles. The van der Waals surface area contributed by atoms with Crippen molar-refractivity contribution in [1.29, 1.82) is 0 Å². The number of para-hydroxylation sites is 1. The van der Waals surface area contributed by atoms with E-state index in [-0.39, 0.29) is 5.60 Å². The van der Waals surface area contributed by atoms with Crippen LogP contribution in [0.5, 0.6) is 5.75 Å². The van der Waals surface area contributed by atoms with E-state index < -0.39 is 0 Å². The number of benzene rings is 1. The van der Waals surface area contributed by atoms with Crippen molar-refractivity contribution >= 4 is 0 Å². The van der Waals surface area contributed by atoms with Gasteiger partial charge in [-0.3, -0.25) is 4.90 Å². The predicted molar refractivity (Wildman–Crippen MR) is 66.1 cm³/mol. The van der Waals surface area contributed by atoms with Crippen LogP contribution in [-0.4, -0.2) is 41.8 Å². The fraction of sp³-hybridized carbons (Fsp3) is 0.571. The molecule has 1 aliphatic carbocycles. The van der Waals surface area contributed by atoms with E-state index in [0.29, 0.717) is 12.5 Å². The lowest BCUT2D eigenvalue weighted by Crippen LogP contribution is -2.63. The zero-order valence-corrected chi connectivity index (χ0v) is 10.0. The largest absolute Gasteiger partial charge is 0.492 e. The van der Waals surface area contributed by atoms with Crippen molar-refractivity contribution in [2.45, 2.75) is 18.4 Å². The zero-order valence-electron chi connectivity index (χ0n) is 10.0. The third-order valence-electron chi connectivity index (χ3n) is 3.75. The lowest BCUT2D eigenvalue weighted by molar-refractivity contribution is -0.115. The number of β-amino-alcohol motifs (C(OH)–C–C–N with tert-alkyl or cyclic N) is 1. The minimum absolute atomic E-state index is 0.368. The Morgan fingerprint density at radius 2 is 1.94 bits per heavy atom. The highest BCUT2D eigenvalue weighted by Crippen LogP contribution is 2.44. The summed E-state index contributed by atoms with van der Waals surface area (Å²) in [5, 5.41) is 10.2. The van der Waals surface area contributed by atoms with Crippen LogP contribution in [-0.2, 0) is 0 Å². The molecule has 0 aromatic heterocycles. The number of hydrogen-bond acceptors (Lipinski definition) is 3. The second-order valence-corrected chi connectivity index (χ2v) is 5.25. The van der Waals surface area contributed by atoms with E-state index in [0.717, 1.165) is 25.4 Å². The van der Waals surface area contributed by atoms with Gasteiger partial charge in [-0.1, -0.05) is 18.2 Å². The normalized spacial score (nSPS) is 23.1. The molecule has 17 heavy (non-hydrogen) atoms. The molecule has 3 rings (SSSR count). The molecule has 0 radical (unpaired) electrons. The molecule has 1 N–H and O–H groups in total. The minimum atomic E-state index is -0.368. The summed E-state index contributed by atoms with van der Waals surface area (Å²) in [7, 11) is 0. The maximum atomic E-state index is 10.2. The Bertz CT molecular complexity index is 369. The van der Waals surface area contributed by atoms with Crippen molar-refractivity contribution in [2.75, 3.05) is 26.2 Å². The fourth-order valence-electron chi connectivity index (χ4n) is 2.57. The zero-order chi connectivity index (χ0) is 11.7. The van der Waals surface area contributed by atoms with Crippen LogP contribution in [0.1, 0.15) is 12.8 Å². The summed E-state index contributed by atoms with van der Waals surface area (Å²) in [4.78, 5) is 2.27. The van der Waals surface area contributed by atoms with Gasteiger partial charge in [-0.05, 0) is 30.9 Å². The van der Waals surface area contributed by atoms with Crippen LogP contribution in [0.2, 0.25) is 0 Å². The van der Waals surface area contributed by atoms with Gasteiger partial charge in [-0.25, -0.2) is 0 Å². The Kier molecular flexibility index (Phi) is 2.81. The highest BCUT2D eigenvalue weighted by molar-refractivity contribution is 5.20. The molecule has 3 nitrogen and oxygen atoms in total. The molecule has 2 fully saturated rings. The highest BCUT2D eigenvalue weighted by atomic mass is 16.5. The van der Waals surface area contributed by atoms with Crippen molar-refractivity contribution in [3.8, 4) is 5.75 Å². The van der Waals surface area contributed by atoms with Gasteiger partial charge in [-0.15, -0.1) is 0 Å². The van der Waals surface area contributed by atoms with Crippen LogP contribution in [0.15, 0.2) is 30.3 Å². The molecule has 0 bridgehead atoms. The van der Waals surface area contributed by atoms with E-state index in [1.807, 2.05) is 30.3 Å². The molecule has 0 amide bonds. The van der Waals surface area contributed by atoms with E-state index in [1.165, 1.54) is 12.8 Å². The molecule has 2 aliphatic rings. The summed E-state index contributed by atoms with van der Waals surface area (Å²) in [6.45, 7) is 3.26. The van der Waals surface area contributed by atoms with Crippen molar-refractivity contribution < 1.29 is 9.84 Å². The average molecular weight is 233 g/mol. The maximum absolute atomic E-state index is 10.2. The van der Waals surface area contributed by atoms with Gasteiger partial charge < -0.3 is 9.84 Å².